The Hall–Kier alpha value is -3.62. The van der Waals surface area contributed by atoms with Gasteiger partial charge in [-0.05, 0) is 17.9 Å². The predicted octanol–water partition coefficient (Wildman–Crippen LogP) is 3.17. The van der Waals surface area contributed by atoms with E-state index in [1.165, 1.54) is 12.3 Å². The molecule has 1 saturated heterocycles. The summed E-state index contributed by atoms with van der Waals surface area (Å²) in [7, 11) is 0. The number of amides is 1. The molecule has 0 aliphatic carbocycles. The number of nitrogens with zero attached hydrogens (tertiary/aromatic N) is 4. The van der Waals surface area contributed by atoms with Gasteiger partial charge in [0.2, 0.25) is 5.91 Å². The molecular weight excluding hydrogens is 436 g/mol. The van der Waals surface area contributed by atoms with Crippen LogP contribution >= 0.6 is 0 Å². The van der Waals surface area contributed by atoms with Crippen molar-refractivity contribution in [2.45, 2.75) is 46.2 Å². The van der Waals surface area contributed by atoms with Crippen LogP contribution < -0.4 is 10.2 Å². The molecule has 0 saturated carbocycles. The summed E-state index contributed by atoms with van der Waals surface area (Å²) in [5, 5.41) is 15.2. The van der Waals surface area contributed by atoms with Gasteiger partial charge in [-0.3, -0.25) is 14.3 Å². The van der Waals surface area contributed by atoms with Gasteiger partial charge >= 0.3 is 5.97 Å². The molecule has 178 valence electrons. The Balaban J connectivity index is 1.58. The fourth-order valence-corrected chi connectivity index (χ4v) is 4.95. The minimum Gasteiger partial charge on any atom is -0.489 e. The average Bonchev–Trinajstić information content (AvgIpc) is 3.35. The first-order chi connectivity index (χ1) is 16.1. The maximum atomic E-state index is 12.6. The number of likely N-dealkylation sites (tertiary alicyclic amines) is 1. The van der Waals surface area contributed by atoms with Crippen LogP contribution in [0.4, 0.5) is 0 Å². The van der Waals surface area contributed by atoms with Crippen LogP contribution in [0.5, 0.6) is 5.75 Å². The van der Waals surface area contributed by atoms with E-state index in [0.717, 1.165) is 24.0 Å². The van der Waals surface area contributed by atoms with Crippen molar-refractivity contribution in [2.24, 2.45) is 5.41 Å². The zero-order valence-electron chi connectivity index (χ0n) is 19.6. The number of fused-ring (bicyclic) bond motifs is 5. The Labute approximate surface area is 196 Å². The number of benzene rings is 1. The number of carboxylic acid groups (broad SMARTS) is 1. The number of carbonyl (C=O) groups excluding carboxylic acids is 1. The second-order valence-electron chi connectivity index (χ2n) is 10.0. The number of aromatic carboxylic acids is 1. The fourth-order valence-electron chi connectivity index (χ4n) is 4.95. The molecular formula is C25H28N4O5. The number of carboxylic acids is 1. The van der Waals surface area contributed by atoms with Gasteiger partial charge in [0.05, 0.1) is 30.5 Å². The van der Waals surface area contributed by atoms with E-state index in [9.17, 15) is 19.5 Å². The maximum absolute atomic E-state index is 12.6. The average molecular weight is 465 g/mol. The van der Waals surface area contributed by atoms with E-state index in [2.05, 4.69) is 20.8 Å². The topological polar surface area (TPSA) is 107 Å². The Morgan fingerprint density at radius 3 is 2.74 bits per heavy atom. The number of hydrogen-bond acceptors (Lipinski definition) is 5. The number of aromatic nitrogens is 3. The summed E-state index contributed by atoms with van der Waals surface area (Å²) in [6, 6.07) is 6.97. The molecule has 34 heavy (non-hydrogen) atoms. The second-order valence-corrected chi connectivity index (χ2v) is 10.0. The number of ether oxygens (including phenoxy) is 1. The molecule has 1 atom stereocenters. The number of hydrogen-bond donors (Lipinski definition) is 1. The second kappa shape index (κ2) is 8.00. The van der Waals surface area contributed by atoms with E-state index >= 15 is 0 Å². The molecule has 0 bridgehead atoms. The van der Waals surface area contributed by atoms with Crippen LogP contribution in [0.25, 0.3) is 22.3 Å². The molecule has 1 amide bonds. The third-order valence-corrected chi connectivity index (χ3v) is 6.76. The monoisotopic (exact) mass is 464 g/mol. The lowest BCUT2D eigenvalue weighted by atomic mass is 9.85. The number of carbonyl (C=O) groups is 2. The van der Waals surface area contributed by atoms with Crippen molar-refractivity contribution in [3.8, 4) is 17.1 Å². The highest BCUT2D eigenvalue weighted by molar-refractivity contribution is 5.96. The van der Waals surface area contributed by atoms with E-state index in [0.29, 0.717) is 43.1 Å². The van der Waals surface area contributed by atoms with Crippen molar-refractivity contribution in [1.29, 1.82) is 0 Å². The van der Waals surface area contributed by atoms with Crippen LogP contribution in [0, 0.1) is 5.41 Å². The first-order valence-electron chi connectivity index (χ1n) is 11.5. The Morgan fingerprint density at radius 2 is 2.06 bits per heavy atom. The van der Waals surface area contributed by atoms with Gasteiger partial charge in [0, 0.05) is 30.6 Å². The summed E-state index contributed by atoms with van der Waals surface area (Å²) >= 11 is 0. The molecule has 0 radical (unpaired) electrons. The van der Waals surface area contributed by atoms with Crippen molar-refractivity contribution in [2.75, 3.05) is 19.7 Å². The Morgan fingerprint density at radius 1 is 1.26 bits per heavy atom. The number of pyridine rings is 1. The quantitative estimate of drug-likeness (QED) is 0.622. The largest absolute Gasteiger partial charge is 0.489 e. The zero-order valence-corrected chi connectivity index (χ0v) is 19.6. The molecule has 2 aliphatic heterocycles. The molecule has 1 N–H and O–H groups in total. The summed E-state index contributed by atoms with van der Waals surface area (Å²) in [5.74, 6) is -0.450. The van der Waals surface area contributed by atoms with Crippen LogP contribution in [0.3, 0.4) is 0 Å². The van der Waals surface area contributed by atoms with Crippen molar-refractivity contribution >= 4 is 22.8 Å². The summed E-state index contributed by atoms with van der Waals surface area (Å²) in [6.45, 7) is 8.46. The summed E-state index contributed by atoms with van der Waals surface area (Å²) in [6.07, 6.45) is 2.95. The molecule has 9 heteroatoms. The number of rotatable bonds is 5. The van der Waals surface area contributed by atoms with Crippen LogP contribution in [-0.2, 0) is 11.3 Å². The van der Waals surface area contributed by atoms with E-state index in [4.69, 9.17) is 9.84 Å². The fraction of sp³-hybridized carbons (Fsp3) is 0.440. The molecule has 1 fully saturated rings. The first-order valence-corrected chi connectivity index (χ1v) is 11.5. The van der Waals surface area contributed by atoms with E-state index < -0.39 is 11.4 Å². The highest BCUT2D eigenvalue weighted by atomic mass is 16.5. The van der Waals surface area contributed by atoms with Crippen molar-refractivity contribution in [1.82, 2.24) is 19.2 Å². The van der Waals surface area contributed by atoms with E-state index in [-0.39, 0.29) is 22.9 Å². The standard InChI is InChI=1S/C25H28N4O5/c1-25(2,3)20-14-29-23(17-12-18(30)16(24(32)33)13-28(17)20)15-6-4-7-19(22(15)26-29)34-11-10-27-9-5-8-21(27)31/h4,6-7,12-13,20H,5,8-11,14H2,1-3H3,(H,32,33). The van der Waals surface area contributed by atoms with Gasteiger partial charge in [-0.2, -0.15) is 5.10 Å². The maximum Gasteiger partial charge on any atom is 0.341 e. The van der Waals surface area contributed by atoms with Gasteiger partial charge in [0.15, 0.2) is 5.43 Å². The van der Waals surface area contributed by atoms with Gasteiger partial charge in [0.25, 0.3) is 0 Å². The third kappa shape index (κ3) is 3.65. The van der Waals surface area contributed by atoms with Gasteiger partial charge in [-0.1, -0.05) is 32.9 Å². The Bertz CT molecular complexity index is 1360. The first kappa shape index (κ1) is 22.2. The van der Waals surface area contributed by atoms with Crippen LogP contribution in [-0.4, -0.2) is 55.9 Å². The normalized spacial score (nSPS) is 17.7. The predicted molar refractivity (Wildman–Crippen MR) is 126 cm³/mol. The highest BCUT2D eigenvalue weighted by Crippen LogP contribution is 2.43. The molecule has 5 rings (SSSR count). The minimum absolute atomic E-state index is 0.103. The molecule has 3 aromatic rings. The van der Waals surface area contributed by atoms with Gasteiger partial charge in [-0.25, -0.2) is 4.79 Å². The smallest absolute Gasteiger partial charge is 0.341 e. The van der Waals surface area contributed by atoms with Crippen molar-refractivity contribution in [3.63, 3.8) is 0 Å². The van der Waals surface area contributed by atoms with Crippen molar-refractivity contribution in [3.05, 3.63) is 46.2 Å². The van der Waals surface area contributed by atoms with Crippen molar-refractivity contribution < 1.29 is 19.4 Å². The SMILES string of the molecule is CC(C)(C)C1Cn2nc3c(OCCN4CCCC4=O)cccc3c2-c2cc(=O)c(C(=O)O)cn21. The van der Waals surface area contributed by atoms with Crippen LogP contribution in [0.1, 0.15) is 50.0 Å². The summed E-state index contributed by atoms with van der Waals surface area (Å²) < 4.78 is 9.85. The molecule has 2 aliphatic rings. The highest BCUT2D eigenvalue weighted by Gasteiger charge is 2.35. The summed E-state index contributed by atoms with van der Waals surface area (Å²) in [4.78, 5) is 38.0. The lowest BCUT2D eigenvalue weighted by molar-refractivity contribution is -0.128. The van der Waals surface area contributed by atoms with E-state index in [1.54, 1.807) is 0 Å². The Kier molecular flexibility index (Phi) is 5.22. The lowest BCUT2D eigenvalue weighted by Crippen LogP contribution is -2.35. The van der Waals surface area contributed by atoms with E-state index in [1.807, 2.05) is 32.3 Å². The van der Waals surface area contributed by atoms with Crippen LogP contribution in [0.15, 0.2) is 35.3 Å². The molecule has 1 aromatic carbocycles. The minimum atomic E-state index is -1.23. The molecule has 1 unspecified atom stereocenters. The van der Waals surface area contributed by atoms with Gasteiger partial charge < -0.3 is 19.3 Å². The molecule has 4 heterocycles. The zero-order chi connectivity index (χ0) is 24.2. The molecule has 2 aromatic heterocycles. The summed E-state index contributed by atoms with van der Waals surface area (Å²) in [5.41, 5.74) is 1.11. The molecule has 0 spiro atoms. The lowest BCUT2D eigenvalue weighted by Gasteiger charge is -2.38. The van der Waals surface area contributed by atoms with Gasteiger partial charge in [0.1, 0.15) is 23.4 Å². The van der Waals surface area contributed by atoms with Crippen LogP contribution in [0.2, 0.25) is 0 Å². The molecule has 9 nitrogen and oxygen atoms in total. The third-order valence-electron chi connectivity index (χ3n) is 6.76. The van der Waals surface area contributed by atoms with Gasteiger partial charge in [-0.15, -0.1) is 0 Å².